The van der Waals surface area contributed by atoms with E-state index in [0.29, 0.717) is 37.3 Å². The third-order valence-corrected chi connectivity index (χ3v) is 4.97. The van der Waals surface area contributed by atoms with Gasteiger partial charge in [0.15, 0.2) is 0 Å². The first-order valence-corrected chi connectivity index (χ1v) is 9.03. The van der Waals surface area contributed by atoms with Crippen LogP contribution < -0.4 is 0 Å². The lowest BCUT2D eigenvalue weighted by molar-refractivity contribution is 0.0719. The second-order valence-electron chi connectivity index (χ2n) is 6.73. The monoisotopic (exact) mass is 363 g/mol. The zero-order chi connectivity index (χ0) is 18.8. The third kappa shape index (κ3) is 3.40. The molecule has 2 aromatic heterocycles. The Morgan fingerprint density at radius 1 is 0.889 bits per heavy atom. The molecule has 1 aliphatic heterocycles. The summed E-state index contributed by atoms with van der Waals surface area (Å²) < 4.78 is 1.93. The molecule has 3 aromatic rings. The van der Waals surface area contributed by atoms with Crippen LogP contribution >= 0.6 is 0 Å². The molecule has 0 N–H and O–H groups in total. The quantitative estimate of drug-likeness (QED) is 0.698. The van der Waals surface area contributed by atoms with Crippen molar-refractivity contribution in [2.24, 2.45) is 7.05 Å². The van der Waals surface area contributed by atoms with Crippen LogP contribution in [0.15, 0.2) is 49.1 Å². The predicted molar refractivity (Wildman–Crippen MR) is 101 cm³/mol. The van der Waals surface area contributed by atoms with Gasteiger partial charge in [-0.1, -0.05) is 0 Å². The molecule has 0 aliphatic carbocycles. The van der Waals surface area contributed by atoms with Gasteiger partial charge in [-0.15, -0.1) is 0 Å². The highest BCUT2D eigenvalue weighted by Crippen LogP contribution is 2.17. The van der Waals surface area contributed by atoms with Crippen molar-refractivity contribution >= 4 is 22.8 Å². The number of aryl methyl sites for hydroxylation is 1. The summed E-state index contributed by atoms with van der Waals surface area (Å²) in [5.74, 6) is -0.0256. The molecule has 0 unspecified atom stereocenters. The Labute approximate surface area is 157 Å². The Hall–Kier alpha value is -3.22. The van der Waals surface area contributed by atoms with Crippen LogP contribution in [-0.2, 0) is 7.05 Å². The number of hydrogen-bond donors (Lipinski definition) is 0. The number of carbonyl (C=O) groups excluding carboxylic acids is 2. The first-order chi connectivity index (χ1) is 13.1. The van der Waals surface area contributed by atoms with E-state index >= 15 is 0 Å². The summed E-state index contributed by atoms with van der Waals surface area (Å²) in [4.78, 5) is 37.5. The van der Waals surface area contributed by atoms with Crippen molar-refractivity contribution in [1.29, 1.82) is 0 Å². The number of nitrogens with zero attached hydrogens (tertiary/aromatic N) is 5. The molecular weight excluding hydrogens is 342 g/mol. The summed E-state index contributed by atoms with van der Waals surface area (Å²) in [6, 6.07) is 9.04. The molecule has 0 atom stereocenters. The SMILES string of the molecule is Cn1cnc2cc(C(=O)N3CCCN(C(=O)c4ccncc4)CC3)ccc21. The summed E-state index contributed by atoms with van der Waals surface area (Å²) in [6.45, 7) is 2.33. The van der Waals surface area contributed by atoms with Gasteiger partial charge in [0.05, 0.1) is 17.4 Å². The van der Waals surface area contributed by atoms with Gasteiger partial charge >= 0.3 is 0 Å². The number of hydrogen-bond acceptors (Lipinski definition) is 4. The Morgan fingerprint density at radius 2 is 1.56 bits per heavy atom. The lowest BCUT2D eigenvalue weighted by Gasteiger charge is -2.22. The summed E-state index contributed by atoms with van der Waals surface area (Å²) in [5.41, 5.74) is 3.07. The van der Waals surface area contributed by atoms with E-state index < -0.39 is 0 Å². The van der Waals surface area contributed by atoms with Gasteiger partial charge in [-0.2, -0.15) is 0 Å². The van der Waals surface area contributed by atoms with Crippen molar-refractivity contribution in [1.82, 2.24) is 24.3 Å². The molecule has 3 heterocycles. The van der Waals surface area contributed by atoms with Crippen LogP contribution in [0, 0.1) is 0 Å². The van der Waals surface area contributed by atoms with E-state index in [9.17, 15) is 9.59 Å². The molecule has 7 heteroatoms. The van der Waals surface area contributed by atoms with Crippen molar-refractivity contribution in [3.05, 3.63) is 60.2 Å². The van der Waals surface area contributed by atoms with Crippen molar-refractivity contribution in [3.63, 3.8) is 0 Å². The van der Waals surface area contributed by atoms with Crippen LogP contribution in [0.4, 0.5) is 0 Å². The average Bonchev–Trinajstić information content (AvgIpc) is 2.92. The van der Waals surface area contributed by atoms with Crippen LogP contribution in [0.2, 0.25) is 0 Å². The summed E-state index contributed by atoms with van der Waals surface area (Å²) in [6.07, 6.45) is 5.74. The smallest absolute Gasteiger partial charge is 0.254 e. The third-order valence-electron chi connectivity index (χ3n) is 4.97. The number of fused-ring (bicyclic) bond motifs is 1. The van der Waals surface area contributed by atoms with Gasteiger partial charge < -0.3 is 14.4 Å². The minimum atomic E-state index is -0.0132. The molecule has 2 amide bonds. The number of amides is 2. The molecule has 27 heavy (non-hydrogen) atoms. The maximum absolute atomic E-state index is 12.9. The van der Waals surface area contributed by atoms with E-state index in [1.54, 1.807) is 30.9 Å². The van der Waals surface area contributed by atoms with Crippen LogP contribution in [0.25, 0.3) is 11.0 Å². The highest BCUT2D eigenvalue weighted by atomic mass is 16.2. The van der Waals surface area contributed by atoms with Gasteiger partial charge in [0.25, 0.3) is 11.8 Å². The summed E-state index contributed by atoms with van der Waals surface area (Å²) in [7, 11) is 1.93. The van der Waals surface area contributed by atoms with Gasteiger partial charge in [0.2, 0.25) is 0 Å². The molecular formula is C20H21N5O2. The van der Waals surface area contributed by atoms with E-state index in [1.165, 1.54) is 0 Å². The molecule has 0 bridgehead atoms. The second-order valence-corrected chi connectivity index (χ2v) is 6.73. The fraction of sp³-hybridized carbons (Fsp3) is 0.300. The Morgan fingerprint density at radius 3 is 2.26 bits per heavy atom. The maximum atomic E-state index is 12.9. The van der Waals surface area contributed by atoms with Crippen LogP contribution in [-0.4, -0.2) is 62.3 Å². The number of carbonyl (C=O) groups is 2. The fourth-order valence-corrected chi connectivity index (χ4v) is 3.45. The molecule has 1 aliphatic rings. The Kier molecular flexibility index (Phi) is 4.58. The molecule has 138 valence electrons. The minimum Gasteiger partial charge on any atom is -0.337 e. The van der Waals surface area contributed by atoms with Crippen molar-refractivity contribution in [2.45, 2.75) is 6.42 Å². The van der Waals surface area contributed by atoms with Gasteiger partial charge in [-0.25, -0.2) is 4.98 Å². The second kappa shape index (κ2) is 7.19. The molecule has 0 saturated carbocycles. The normalized spacial score (nSPS) is 15.0. The Bertz CT molecular complexity index is 982. The van der Waals surface area contributed by atoms with E-state index in [4.69, 9.17) is 0 Å². The standard InChI is InChI=1S/C20H21N5O2/c1-23-14-22-17-13-16(3-4-18(17)23)20(27)25-10-2-9-24(11-12-25)19(26)15-5-7-21-8-6-15/h3-8,13-14H,2,9-12H2,1H3. The van der Waals surface area contributed by atoms with Crippen LogP contribution in [0.5, 0.6) is 0 Å². The number of pyridine rings is 1. The van der Waals surface area contributed by atoms with Crippen molar-refractivity contribution in [2.75, 3.05) is 26.2 Å². The molecule has 0 radical (unpaired) electrons. The molecule has 1 aromatic carbocycles. The summed E-state index contributed by atoms with van der Waals surface area (Å²) in [5, 5.41) is 0. The van der Waals surface area contributed by atoms with Crippen LogP contribution in [0.1, 0.15) is 27.1 Å². The molecule has 0 spiro atoms. The number of imidazole rings is 1. The first-order valence-electron chi connectivity index (χ1n) is 9.03. The van der Waals surface area contributed by atoms with Gasteiger partial charge in [0, 0.05) is 56.7 Å². The molecule has 7 nitrogen and oxygen atoms in total. The summed E-state index contributed by atoms with van der Waals surface area (Å²) >= 11 is 0. The van der Waals surface area contributed by atoms with Crippen molar-refractivity contribution in [3.8, 4) is 0 Å². The number of aromatic nitrogens is 3. The van der Waals surface area contributed by atoms with Crippen molar-refractivity contribution < 1.29 is 9.59 Å². The van der Waals surface area contributed by atoms with E-state index in [2.05, 4.69) is 9.97 Å². The topological polar surface area (TPSA) is 71.3 Å². The zero-order valence-corrected chi connectivity index (χ0v) is 15.2. The first kappa shape index (κ1) is 17.2. The zero-order valence-electron chi connectivity index (χ0n) is 15.2. The van der Waals surface area contributed by atoms with Gasteiger partial charge in [-0.3, -0.25) is 14.6 Å². The number of rotatable bonds is 2. The largest absolute Gasteiger partial charge is 0.337 e. The minimum absolute atomic E-state index is 0.0124. The average molecular weight is 363 g/mol. The lowest BCUT2D eigenvalue weighted by Crippen LogP contribution is -2.37. The Balaban J connectivity index is 1.47. The fourth-order valence-electron chi connectivity index (χ4n) is 3.45. The maximum Gasteiger partial charge on any atom is 0.254 e. The predicted octanol–water partition coefficient (Wildman–Crippen LogP) is 1.96. The highest BCUT2D eigenvalue weighted by Gasteiger charge is 2.23. The number of benzene rings is 1. The lowest BCUT2D eigenvalue weighted by atomic mass is 10.1. The van der Waals surface area contributed by atoms with E-state index in [1.807, 2.05) is 39.6 Å². The van der Waals surface area contributed by atoms with E-state index in [-0.39, 0.29) is 11.8 Å². The van der Waals surface area contributed by atoms with Gasteiger partial charge in [0.1, 0.15) is 0 Å². The highest BCUT2D eigenvalue weighted by molar-refractivity contribution is 5.97. The van der Waals surface area contributed by atoms with E-state index in [0.717, 1.165) is 17.5 Å². The van der Waals surface area contributed by atoms with Gasteiger partial charge in [-0.05, 0) is 36.8 Å². The molecule has 1 fully saturated rings. The van der Waals surface area contributed by atoms with Crippen LogP contribution in [0.3, 0.4) is 0 Å². The molecule has 1 saturated heterocycles. The molecule has 4 rings (SSSR count).